The third-order valence-electron chi connectivity index (χ3n) is 3.40. The number of rotatable bonds is 5. The number of benzene rings is 1. The minimum atomic E-state index is -0.954. The Balaban J connectivity index is 1.97. The Morgan fingerprint density at radius 1 is 1.35 bits per heavy atom. The summed E-state index contributed by atoms with van der Waals surface area (Å²) in [5.41, 5.74) is 3.57. The van der Waals surface area contributed by atoms with Gasteiger partial charge in [-0.2, -0.15) is 5.10 Å². The SMILES string of the molecule is Cc1nn(CCOc2cccc(C(=O)O)c2)c(C)c1C. The molecule has 1 aromatic heterocycles. The third-order valence-corrected chi connectivity index (χ3v) is 3.40. The van der Waals surface area contributed by atoms with Gasteiger partial charge in [-0.1, -0.05) is 6.07 Å². The molecule has 1 N–H and O–H groups in total. The molecule has 0 spiro atoms. The lowest BCUT2D eigenvalue weighted by Gasteiger charge is -2.08. The minimum absolute atomic E-state index is 0.226. The van der Waals surface area contributed by atoms with E-state index in [1.807, 2.05) is 25.5 Å². The lowest BCUT2D eigenvalue weighted by molar-refractivity contribution is 0.0696. The Morgan fingerprint density at radius 3 is 2.70 bits per heavy atom. The maximum Gasteiger partial charge on any atom is 0.335 e. The van der Waals surface area contributed by atoms with Gasteiger partial charge in [0.2, 0.25) is 0 Å². The van der Waals surface area contributed by atoms with Crippen LogP contribution in [-0.2, 0) is 6.54 Å². The monoisotopic (exact) mass is 274 g/mol. The topological polar surface area (TPSA) is 64.4 Å². The summed E-state index contributed by atoms with van der Waals surface area (Å²) < 4.78 is 7.49. The van der Waals surface area contributed by atoms with E-state index in [2.05, 4.69) is 5.10 Å². The molecule has 0 aliphatic rings. The molecule has 106 valence electrons. The number of hydrogen-bond donors (Lipinski definition) is 1. The van der Waals surface area contributed by atoms with Gasteiger partial charge in [0, 0.05) is 5.69 Å². The Hall–Kier alpha value is -2.30. The first-order chi connectivity index (χ1) is 9.49. The van der Waals surface area contributed by atoms with E-state index in [0.29, 0.717) is 18.9 Å². The number of ether oxygens (including phenoxy) is 1. The summed E-state index contributed by atoms with van der Waals surface area (Å²) in [4.78, 5) is 10.9. The molecular weight excluding hydrogens is 256 g/mol. The Kier molecular flexibility index (Phi) is 4.08. The van der Waals surface area contributed by atoms with Gasteiger partial charge < -0.3 is 9.84 Å². The quantitative estimate of drug-likeness (QED) is 0.910. The van der Waals surface area contributed by atoms with Gasteiger partial charge in [0.05, 0.1) is 17.8 Å². The summed E-state index contributed by atoms with van der Waals surface area (Å²) in [6.07, 6.45) is 0. The number of carboxylic acids is 1. The highest BCUT2D eigenvalue weighted by molar-refractivity contribution is 5.87. The van der Waals surface area contributed by atoms with Crippen LogP contribution in [0.5, 0.6) is 5.75 Å². The predicted octanol–water partition coefficient (Wildman–Crippen LogP) is 2.59. The Labute approximate surface area is 117 Å². The van der Waals surface area contributed by atoms with Crippen LogP contribution in [0.25, 0.3) is 0 Å². The normalized spacial score (nSPS) is 10.6. The summed E-state index contributed by atoms with van der Waals surface area (Å²) in [7, 11) is 0. The number of aromatic carboxylic acids is 1. The molecule has 1 aromatic carbocycles. The summed E-state index contributed by atoms with van der Waals surface area (Å²) in [6, 6.07) is 6.49. The average Bonchev–Trinajstić information content (AvgIpc) is 2.67. The molecule has 2 aromatic rings. The van der Waals surface area contributed by atoms with Crippen LogP contribution < -0.4 is 4.74 Å². The zero-order valence-electron chi connectivity index (χ0n) is 11.9. The van der Waals surface area contributed by atoms with Crippen molar-refractivity contribution in [3.63, 3.8) is 0 Å². The largest absolute Gasteiger partial charge is 0.492 e. The summed E-state index contributed by atoms with van der Waals surface area (Å²) in [5, 5.41) is 13.3. The molecule has 0 atom stereocenters. The molecule has 0 radical (unpaired) electrons. The first-order valence-corrected chi connectivity index (χ1v) is 6.46. The van der Waals surface area contributed by atoms with Crippen LogP contribution in [0.2, 0.25) is 0 Å². The highest BCUT2D eigenvalue weighted by atomic mass is 16.5. The molecule has 0 saturated heterocycles. The van der Waals surface area contributed by atoms with E-state index >= 15 is 0 Å². The van der Waals surface area contributed by atoms with Crippen molar-refractivity contribution in [3.05, 3.63) is 46.8 Å². The lowest BCUT2D eigenvalue weighted by atomic mass is 10.2. The van der Waals surface area contributed by atoms with Gasteiger partial charge in [-0.05, 0) is 44.5 Å². The van der Waals surface area contributed by atoms with Crippen LogP contribution >= 0.6 is 0 Å². The molecule has 0 aliphatic heterocycles. The van der Waals surface area contributed by atoms with Crippen LogP contribution in [0.3, 0.4) is 0 Å². The van der Waals surface area contributed by atoms with Crippen molar-refractivity contribution >= 4 is 5.97 Å². The van der Waals surface area contributed by atoms with E-state index in [-0.39, 0.29) is 5.56 Å². The third kappa shape index (κ3) is 2.99. The molecule has 0 amide bonds. The fourth-order valence-electron chi connectivity index (χ4n) is 1.97. The fraction of sp³-hybridized carbons (Fsp3) is 0.333. The second-order valence-corrected chi connectivity index (χ2v) is 4.70. The van der Waals surface area contributed by atoms with Crippen molar-refractivity contribution in [2.45, 2.75) is 27.3 Å². The first-order valence-electron chi connectivity index (χ1n) is 6.46. The van der Waals surface area contributed by atoms with E-state index in [9.17, 15) is 4.79 Å². The first kappa shape index (κ1) is 14.1. The van der Waals surface area contributed by atoms with Gasteiger partial charge in [0.15, 0.2) is 0 Å². The molecule has 0 unspecified atom stereocenters. The number of nitrogens with zero attached hydrogens (tertiary/aromatic N) is 2. The van der Waals surface area contributed by atoms with Crippen LogP contribution in [-0.4, -0.2) is 27.5 Å². The van der Waals surface area contributed by atoms with Crippen molar-refractivity contribution in [1.82, 2.24) is 9.78 Å². The maximum absolute atomic E-state index is 10.9. The molecule has 1 heterocycles. The molecule has 2 rings (SSSR count). The van der Waals surface area contributed by atoms with Crippen molar-refractivity contribution in [2.75, 3.05) is 6.61 Å². The standard InChI is InChI=1S/C15H18N2O3/c1-10-11(2)16-17(12(10)3)7-8-20-14-6-4-5-13(9-14)15(18)19/h4-6,9H,7-8H2,1-3H3,(H,18,19). The number of carboxylic acid groups (broad SMARTS) is 1. The molecule has 0 fully saturated rings. The number of aromatic nitrogens is 2. The van der Waals surface area contributed by atoms with Gasteiger partial charge in [-0.15, -0.1) is 0 Å². The lowest BCUT2D eigenvalue weighted by Crippen LogP contribution is -2.11. The average molecular weight is 274 g/mol. The van der Waals surface area contributed by atoms with Crippen LogP contribution in [0.15, 0.2) is 24.3 Å². The van der Waals surface area contributed by atoms with Crippen LogP contribution in [0.1, 0.15) is 27.3 Å². The minimum Gasteiger partial charge on any atom is -0.492 e. The second kappa shape index (κ2) is 5.77. The fourth-order valence-corrected chi connectivity index (χ4v) is 1.97. The van der Waals surface area contributed by atoms with Crippen molar-refractivity contribution in [3.8, 4) is 5.75 Å². The van der Waals surface area contributed by atoms with Gasteiger partial charge in [-0.25, -0.2) is 4.79 Å². The van der Waals surface area contributed by atoms with Crippen molar-refractivity contribution < 1.29 is 14.6 Å². The molecule has 0 saturated carbocycles. The predicted molar refractivity (Wildman–Crippen MR) is 75.3 cm³/mol. The van der Waals surface area contributed by atoms with Crippen molar-refractivity contribution in [1.29, 1.82) is 0 Å². The second-order valence-electron chi connectivity index (χ2n) is 4.70. The van der Waals surface area contributed by atoms with Crippen molar-refractivity contribution in [2.24, 2.45) is 0 Å². The number of carbonyl (C=O) groups is 1. The Morgan fingerprint density at radius 2 is 2.10 bits per heavy atom. The van der Waals surface area contributed by atoms with Gasteiger partial charge in [0.1, 0.15) is 12.4 Å². The number of hydrogen-bond acceptors (Lipinski definition) is 3. The molecule has 0 bridgehead atoms. The Bertz CT molecular complexity index is 632. The molecule has 5 heteroatoms. The summed E-state index contributed by atoms with van der Waals surface area (Å²) in [5.74, 6) is -0.396. The van der Waals surface area contributed by atoms with E-state index in [0.717, 1.165) is 11.4 Å². The van der Waals surface area contributed by atoms with Crippen LogP contribution in [0, 0.1) is 20.8 Å². The number of aryl methyl sites for hydroxylation is 1. The molecular formula is C15H18N2O3. The molecule has 5 nitrogen and oxygen atoms in total. The van der Waals surface area contributed by atoms with Gasteiger partial charge in [0.25, 0.3) is 0 Å². The summed E-state index contributed by atoms with van der Waals surface area (Å²) in [6.45, 7) is 7.14. The molecule has 20 heavy (non-hydrogen) atoms. The zero-order chi connectivity index (χ0) is 14.7. The van der Waals surface area contributed by atoms with Crippen LogP contribution in [0.4, 0.5) is 0 Å². The highest BCUT2D eigenvalue weighted by Gasteiger charge is 2.07. The smallest absolute Gasteiger partial charge is 0.335 e. The highest BCUT2D eigenvalue weighted by Crippen LogP contribution is 2.14. The van der Waals surface area contributed by atoms with E-state index < -0.39 is 5.97 Å². The summed E-state index contributed by atoms with van der Waals surface area (Å²) >= 11 is 0. The van der Waals surface area contributed by atoms with E-state index in [4.69, 9.17) is 9.84 Å². The van der Waals surface area contributed by atoms with E-state index in [1.165, 1.54) is 11.6 Å². The maximum atomic E-state index is 10.9. The van der Waals surface area contributed by atoms with Gasteiger partial charge in [-0.3, -0.25) is 4.68 Å². The zero-order valence-corrected chi connectivity index (χ0v) is 11.9. The van der Waals surface area contributed by atoms with E-state index in [1.54, 1.807) is 18.2 Å². The molecule has 0 aliphatic carbocycles. The van der Waals surface area contributed by atoms with Gasteiger partial charge >= 0.3 is 5.97 Å².